The van der Waals surface area contributed by atoms with Gasteiger partial charge in [0.1, 0.15) is 0 Å². The van der Waals surface area contributed by atoms with Crippen molar-refractivity contribution in [3.63, 3.8) is 0 Å². The van der Waals surface area contributed by atoms with Crippen LogP contribution >= 0.6 is 23.2 Å². The maximum atomic E-state index is 5.98. The summed E-state index contributed by atoms with van der Waals surface area (Å²) in [6.45, 7) is 0. The number of imidazole rings is 1. The highest BCUT2D eigenvalue weighted by Crippen LogP contribution is 2.33. The molecule has 0 bridgehead atoms. The number of aryl methyl sites for hydroxylation is 1. The van der Waals surface area contributed by atoms with Crippen molar-refractivity contribution in [2.45, 2.75) is 0 Å². The molecule has 0 aliphatic heterocycles. The van der Waals surface area contributed by atoms with Gasteiger partial charge in [0.15, 0.2) is 5.82 Å². The van der Waals surface area contributed by atoms with Crippen molar-refractivity contribution < 1.29 is 4.52 Å². The molecule has 3 rings (SSSR count). The first-order valence-electron chi connectivity index (χ1n) is 5.62. The first-order chi connectivity index (χ1) is 9.56. The lowest BCUT2D eigenvalue weighted by atomic mass is 10.2. The zero-order valence-electron chi connectivity index (χ0n) is 10.3. The molecule has 1 aromatic carbocycles. The van der Waals surface area contributed by atoms with E-state index in [-0.39, 0.29) is 0 Å². The molecule has 0 saturated carbocycles. The number of hydrogen-bond acceptors (Lipinski definition) is 5. The van der Waals surface area contributed by atoms with Crippen LogP contribution in [0.5, 0.6) is 0 Å². The van der Waals surface area contributed by atoms with Crippen LogP contribution < -0.4 is 5.73 Å². The summed E-state index contributed by atoms with van der Waals surface area (Å²) in [5.41, 5.74) is 6.61. The summed E-state index contributed by atoms with van der Waals surface area (Å²) < 4.78 is 7.00. The van der Waals surface area contributed by atoms with Crippen LogP contribution in [0.25, 0.3) is 23.1 Å². The number of nitrogen functional groups attached to an aromatic ring is 1. The molecule has 0 fully saturated rings. The first kappa shape index (κ1) is 13.0. The average Bonchev–Trinajstić information content (AvgIpc) is 3.03. The Kier molecular flexibility index (Phi) is 3.11. The third kappa shape index (κ3) is 2.13. The Morgan fingerprint density at radius 3 is 2.55 bits per heavy atom. The van der Waals surface area contributed by atoms with Gasteiger partial charge in [-0.15, -0.1) is 0 Å². The third-order valence-corrected chi connectivity index (χ3v) is 3.40. The maximum Gasteiger partial charge on any atom is 0.258 e. The maximum absolute atomic E-state index is 5.98. The number of halogens is 2. The summed E-state index contributed by atoms with van der Waals surface area (Å²) in [5.74, 6) is 1.29. The number of nitrogens with two attached hydrogens (primary N) is 1. The van der Waals surface area contributed by atoms with Crippen molar-refractivity contribution in [1.82, 2.24) is 19.7 Å². The highest BCUT2D eigenvalue weighted by Gasteiger charge is 2.15. The molecule has 2 N–H and O–H groups in total. The molecule has 20 heavy (non-hydrogen) atoms. The van der Waals surface area contributed by atoms with E-state index in [0.717, 1.165) is 0 Å². The van der Waals surface area contributed by atoms with Gasteiger partial charge in [0.25, 0.3) is 5.89 Å². The van der Waals surface area contributed by atoms with E-state index in [2.05, 4.69) is 15.1 Å². The molecule has 2 heterocycles. The van der Waals surface area contributed by atoms with E-state index >= 15 is 0 Å². The number of anilines is 1. The largest absolute Gasteiger partial charge is 0.396 e. The number of aromatic nitrogens is 4. The van der Waals surface area contributed by atoms with Crippen LogP contribution in [0, 0.1) is 0 Å². The molecule has 2 aromatic heterocycles. The van der Waals surface area contributed by atoms with Crippen LogP contribution in [0.4, 0.5) is 5.69 Å². The van der Waals surface area contributed by atoms with Crippen LogP contribution in [-0.4, -0.2) is 19.7 Å². The Labute approximate surface area is 124 Å². The first-order valence-corrected chi connectivity index (χ1v) is 6.38. The van der Waals surface area contributed by atoms with Gasteiger partial charge < -0.3 is 14.8 Å². The topological polar surface area (TPSA) is 82.8 Å². The van der Waals surface area contributed by atoms with E-state index in [1.54, 1.807) is 29.1 Å². The predicted octanol–water partition coefficient (Wildman–Crippen LogP) is 3.03. The molecule has 8 heteroatoms. The van der Waals surface area contributed by atoms with E-state index in [0.29, 0.717) is 38.8 Å². The van der Waals surface area contributed by atoms with E-state index in [9.17, 15) is 0 Å². The molecule has 0 radical (unpaired) electrons. The number of rotatable bonds is 2. The molecular weight excluding hydrogens is 301 g/mol. The van der Waals surface area contributed by atoms with Gasteiger partial charge in [0, 0.05) is 25.0 Å². The normalized spacial score (nSPS) is 10.9. The lowest BCUT2D eigenvalue weighted by Crippen LogP contribution is -1.93. The van der Waals surface area contributed by atoms with Crippen molar-refractivity contribution in [2.24, 2.45) is 7.05 Å². The van der Waals surface area contributed by atoms with Crippen molar-refractivity contribution in [1.29, 1.82) is 0 Å². The summed E-state index contributed by atoms with van der Waals surface area (Å²) in [5, 5.41) is 4.57. The fraction of sp³-hybridized carbons (Fsp3) is 0.0833. The van der Waals surface area contributed by atoms with Crippen molar-refractivity contribution in [2.75, 3.05) is 5.73 Å². The molecular formula is C12H9Cl2N5O. The second kappa shape index (κ2) is 4.81. The smallest absolute Gasteiger partial charge is 0.258 e. The Hall–Kier alpha value is -2.05. The third-order valence-electron chi connectivity index (χ3n) is 2.77. The van der Waals surface area contributed by atoms with Crippen LogP contribution in [-0.2, 0) is 7.05 Å². The lowest BCUT2D eigenvalue weighted by Gasteiger charge is -2.02. The molecule has 0 aliphatic carbocycles. The SMILES string of the molecule is Cn1ccnc1-c1noc(-c2cc(Cl)c(N)c(Cl)c2)n1. The minimum atomic E-state index is 0.298. The summed E-state index contributed by atoms with van der Waals surface area (Å²) in [6, 6.07) is 3.25. The van der Waals surface area contributed by atoms with E-state index in [1.165, 1.54) is 0 Å². The summed E-state index contributed by atoms with van der Waals surface area (Å²) >= 11 is 12.0. The van der Waals surface area contributed by atoms with Gasteiger partial charge in [-0.1, -0.05) is 28.4 Å². The summed E-state index contributed by atoms with van der Waals surface area (Å²) in [4.78, 5) is 8.42. The zero-order chi connectivity index (χ0) is 14.3. The van der Waals surface area contributed by atoms with Crippen LogP contribution in [0.1, 0.15) is 0 Å². The number of nitrogens with zero attached hydrogens (tertiary/aromatic N) is 4. The highest BCUT2D eigenvalue weighted by molar-refractivity contribution is 6.39. The quantitative estimate of drug-likeness (QED) is 0.736. The van der Waals surface area contributed by atoms with E-state index < -0.39 is 0 Å². The molecule has 0 spiro atoms. The van der Waals surface area contributed by atoms with Gasteiger partial charge in [-0.3, -0.25) is 0 Å². The molecule has 0 saturated heterocycles. The fourth-order valence-electron chi connectivity index (χ4n) is 1.72. The monoisotopic (exact) mass is 309 g/mol. The van der Waals surface area contributed by atoms with E-state index in [4.69, 9.17) is 33.5 Å². The average molecular weight is 310 g/mol. The Balaban J connectivity index is 2.05. The molecule has 0 aliphatic rings. The second-order valence-corrected chi connectivity index (χ2v) is 4.95. The van der Waals surface area contributed by atoms with Crippen molar-refractivity contribution >= 4 is 28.9 Å². The molecule has 0 amide bonds. The molecule has 102 valence electrons. The Bertz CT molecular complexity index is 757. The summed E-state index contributed by atoms with van der Waals surface area (Å²) in [7, 11) is 1.84. The van der Waals surface area contributed by atoms with E-state index in [1.807, 2.05) is 7.05 Å². The summed E-state index contributed by atoms with van der Waals surface area (Å²) in [6.07, 6.45) is 3.45. The second-order valence-electron chi connectivity index (χ2n) is 4.14. The van der Waals surface area contributed by atoms with Crippen LogP contribution in [0.15, 0.2) is 29.0 Å². The number of benzene rings is 1. The van der Waals surface area contributed by atoms with Crippen LogP contribution in [0.2, 0.25) is 10.0 Å². The number of hydrogen-bond donors (Lipinski definition) is 1. The van der Waals surface area contributed by atoms with Gasteiger partial charge >= 0.3 is 0 Å². The zero-order valence-corrected chi connectivity index (χ0v) is 11.9. The predicted molar refractivity (Wildman–Crippen MR) is 76.4 cm³/mol. The Morgan fingerprint density at radius 1 is 1.25 bits per heavy atom. The van der Waals surface area contributed by atoms with Crippen molar-refractivity contribution in [3.05, 3.63) is 34.6 Å². The molecule has 0 atom stereocenters. The van der Waals surface area contributed by atoms with Gasteiger partial charge in [0.05, 0.1) is 15.7 Å². The van der Waals surface area contributed by atoms with Crippen LogP contribution in [0.3, 0.4) is 0 Å². The molecule has 6 nitrogen and oxygen atoms in total. The van der Waals surface area contributed by atoms with Gasteiger partial charge in [-0.25, -0.2) is 4.98 Å². The molecule has 3 aromatic rings. The van der Waals surface area contributed by atoms with Crippen molar-refractivity contribution in [3.8, 4) is 23.1 Å². The van der Waals surface area contributed by atoms with Gasteiger partial charge in [-0.05, 0) is 12.1 Å². The van der Waals surface area contributed by atoms with Gasteiger partial charge in [0.2, 0.25) is 5.82 Å². The fourth-order valence-corrected chi connectivity index (χ4v) is 2.21. The minimum Gasteiger partial charge on any atom is -0.396 e. The molecule has 0 unspecified atom stereocenters. The minimum absolute atomic E-state index is 0.298. The lowest BCUT2D eigenvalue weighted by molar-refractivity contribution is 0.431. The van der Waals surface area contributed by atoms with Gasteiger partial charge in [-0.2, -0.15) is 4.98 Å². The Morgan fingerprint density at radius 2 is 1.95 bits per heavy atom. The standard InChI is InChI=1S/C12H9Cl2N5O/c1-19-3-2-16-11(19)10-17-12(20-18-10)6-4-7(13)9(15)8(14)5-6/h2-5H,15H2,1H3. The highest BCUT2D eigenvalue weighted by atomic mass is 35.5.